The maximum Gasteiger partial charge on any atom is 0.244 e. The molecule has 1 N–H and O–H groups in total. The average molecular weight is 265 g/mol. The second-order valence-electron chi connectivity index (χ2n) is 5.51. The second-order valence-corrected chi connectivity index (χ2v) is 5.51. The molecule has 0 radical (unpaired) electrons. The van der Waals surface area contributed by atoms with Gasteiger partial charge < -0.3 is 10.0 Å². The fourth-order valence-corrected chi connectivity index (χ4v) is 2.80. The molecule has 1 aromatic heterocycles. The Morgan fingerprint density at radius 2 is 2.16 bits per heavy atom. The molecule has 1 aliphatic rings. The molecular formula is C14H23N3O2. The molecule has 0 aromatic carbocycles. The summed E-state index contributed by atoms with van der Waals surface area (Å²) in [5.74, 6) is 0.0112. The van der Waals surface area contributed by atoms with Crippen LogP contribution in [0.1, 0.15) is 37.1 Å². The van der Waals surface area contributed by atoms with Gasteiger partial charge in [0.25, 0.3) is 0 Å². The lowest BCUT2D eigenvalue weighted by atomic mass is 9.91. The Morgan fingerprint density at radius 3 is 2.74 bits per heavy atom. The Bertz CT molecular complexity index is 456. The van der Waals surface area contributed by atoms with Crippen molar-refractivity contribution in [1.29, 1.82) is 0 Å². The van der Waals surface area contributed by atoms with Crippen LogP contribution in [0.4, 0.5) is 0 Å². The van der Waals surface area contributed by atoms with E-state index in [1.807, 2.05) is 19.9 Å². The number of aromatic nitrogens is 2. The van der Waals surface area contributed by atoms with E-state index in [9.17, 15) is 9.90 Å². The van der Waals surface area contributed by atoms with E-state index in [1.165, 1.54) is 0 Å². The minimum absolute atomic E-state index is 0.0112. The summed E-state index contributed by atoms with van der Waals surface area (Å²) >= 11 is 0. The summed E-state index contributed by atoms with van der Waals surface area (Å²) in [6.07, 6.45) is 3.43. The molecule has 0 bridgehead atoms. The lowest BCUT2D eigenvalue weighted by Crippen LogP contribution is -2.47. The SMILES string of the molecule is Cc1cc(C)n(CC(=O)N(C)C2CCCCC2O)n1. The number of aliphatic hydroxyl groups is 1. The van der Waals surface area contributed by atoms with Gasteiger partial charge in [-0.1, -0.05) is 12.8 Å². The first-order chi connectivity index (χ1) is 8.99. The standard InChI is InChI=1S/C14H23N3O2/c1-10-8-11(2)17(15-10)9-14(19)16(3)12-6-4-5-7-13(12)18/h8,12-13,18H,4-7,9H2,1-3H3. The van der Waals surface area contributed by atoms with Gasteiger partial charge in [-0.05, 0) is 32.8 Å². The zero-order chi connectivity index (χ0) is 14.0. The first kappa shape index (κ1) is 14.1. The molecule has 1 saturated carbocycles. The molecule has 5 nitrogen and oxygen atoms in total. The van der Waals surface area contributed by atoms with E-state index in [0.717, 1.165) is 37.1 Å². The van der Waals surface area contributed by atoms with Crippen LogP contribution in [0.3, 0.4) is 0 Å². The highest BCUT2D eigenvalue weighted by molar-refractivity contribution is 5.76. The summed E-state index contributed by atoms with van der Waals surface area (Å²) in [5, 5.41) is 14.3. The molecule has 1 amide bonds. The molecule has 0 aliphatic heterocycles. The summed E-state index contributed by atoms with van der Waals surface area (Å²) < 4.78 is 1.73. The summed E-state index contributed by atoms with van der Waals surface area (Å²) in [6, 6.07) is 1.92. The highest BCUT2D eigenvalue weighted by Gasteiger charge is 2.29. The molecule has 2 rings (SSSR count). The molecular weight excluding hydrogens is 242 g/mol. The van der Waals surface area contributed by atoms with E-state index in [4.69, 9.17) is 0 Å². The number of hydrogen-bond donors (Lipinski definition) is 1. The number of aryl methyl sites for hydroxylation is 2. The Hall–Kier alpha value is -1.36. The van der Waals surface area contributed by atoms with Gasteiger partial charge in [0.2, 0.25) is 5.91 Å². The van der Waals surface area contributed by atoms with Gasteiger partial charge in [0, 0.05) is 12.7 Å². The molecule has 1 heterocycles. The molecule has 19 heavy (non-hydrogen) atoms. The van der Waals surface area contributed by atoms with Crippen molar-refractivity contribution < 1.29 is 9.90 Å². The van der Waals surface area contributed by atoms with Crippen molar-refractivity contribution in [3.63, 3.8) is 0 Å². The largest absolute Gasteiger partial charge is 0.391 e. The molecule has 1 aromatic rings. The number of nitrogens with zero attached hydrogens (tertiary/aromatic N) is 3. The molecule has 1 aliphatic carbocycles. The number of aliphatic hydroxyl groups excluding tert-OH is 1. The smallest absolute Gasteiger partial charge is 0.244 e. The van der Waals surface area contributed by atoms with Crippen LogP contribution in [0.2, 0.25) is 0 Å². The van der Waals surface area contributed by atoms with Gasteiger partial charge in [0.1, 0.15) is 6.54 Å². The van der Waals surface area contributed by atoms with Gasteiger partial charge in [-0.2, -0.15) is 5.10 Å². The van der Waals surface area contributed by atoms with Gasteiger partial charge >= 0.3 is 0 Å². The Morgan fingerprint density at radius 1 is 1.47 bits per heavy atom. The quantitative estimate of drug-likeness (QED) is 0.895. The van der Waals surface area contributed by atoms with Crippen molar-refractivity contribution >= 4 is 5.91 Å². The van der Waals surface area contributed by atoms with E-state index < -0.39 is 0 Å². The summed E-state index contributed by atoms with van der Waals surface area (Å²) in [6.45, 7) is 4.12. The first-order valence-corrected chi connectivity index (χ1v) is 6.94. The number of carbonyl (C=O) groups is 1. The lowest BCUT2D eigenvalue weighted by molar-refractivity contribution is -0.136. The summed E-state index contributed by atoms with van der Waals surface area (Å²) in [4.78, 5) is 14.0. The number of likely N-dealkylation sites (N-methyl/N-ethyl adjacent to an activating group) is 1. The van der Waals surface area contributed by atoms with Crippen molar-refractivity contribution in [2.75, 3.05) is 7.05 Å². The minimum Gasteiger partial charge on any atom is -0.391 e. The fourth-order valence-electron chi connectivity index (χ4n) is 2.80. The third-order valence-corrected chi connectivity index (χ3v) is 3.97. The van der Waals surface area contributed by atoms with E-state index in [2.05, 4.69) is 5.10 Å². The van der Waals surface area contributed by atoms with Crippen molar-refractivity contribution in [3.05, 3.63) is 17.5 Å². The Balaban J connectivity index is 2.01. The maximum absolute atomic E-state index is 12.3. The number of carbonyl (C=O) groups excluding carboxylic acids is 1. The van der Waals surface area contributed by atoms with E-state index in [0.29, 0.717) is 0 Å². The third-order valence-electron chi connectivity index (χ3n) is 3.97. The maximum atomic E-state index is 12.3. The van der Waals surface area contributed by atoms with Gasteiger partial charge in [-0.25, -0.2) is 0 Å². The number of amides is 1. The molecule has 2 unspecified atom stereocenters. The average Bonchev–Trinajstić information content (AvgIpc) is 2.67. The zero-order valence-electron chi connectivity index (χ0n) is 12.0. The van der Waals surface area contributed by atoms with Crippen molar-refractivity contribution in [3.8, 4) is 0 Å². The fraction of sp³-hybridized carbons (Fsp3) is 0.714. The van der Waals surface area contributed by atoms with Gasteiger partial charge in [0.05, 0.1) is 17.8 Å². The summed E-state index contributed by atoms with van der Waals surface area (Å²) in [5.41, 5.74) is 1.91. The predicted molar refractivity (Wildman–Crippen MR) is 72.7 cm³/mol. The highest BCUT2D eigenvalue weighted by Crippen LogP contribution is 2.22. The van der Waals surface area contributed by atoms with Gasteiger partial charge in [-0.15, -0.1) is 0 Å². The normalized spacial score (nSPS) is 23.4. The summed E-state index contributed by atoms with van der Waals surface area (Å²) in [7, 11) is 1.78. The van der Waals surface area contributed by atoms with Crippen LogP contribution in [0.5, 0.6) is 0 Å². The third kappa shape index (κ3) is 3.15. The van der Waals surface area contributed by atoms with Crippen molar-refractivity contribution in [1.82, 2.24) is 14.7 Å². The van der Waals surface area contributed by atoms with E-state index in [1.54, 1.807) is 16.6 Å². The predicted octanol–water partition coefficient (Wildman–Crippen LogP) is 1.26. The van der Waals surface area contributed by atoms with E-state index in [-0.39, 0.29) is 24.6 Å². The molecule has 5 heteroatoms. The Labute approximate surface area is 114 Å². The topological polar surface area (TPSA) is 58.4 Å². The molecule has 106 valence electrons. The van der Waals surface area contributed by atoms with Crippen LogP contribution in [0.15, 0.2) is 6.07 Å². The molecule has 0 saturated heterocycles. The molecule has 2 atom stereocenters. The second kappa shape index (κ2) is 5.74. The lowest BCUT2D eigenvalue weighted by Gasteiger charge is -2.35. The zero-order valence-corrected chi connectivity index (χ0v) is 12.0. The van der Waals surface area contributed by atoms with Crippen LogP contribution in [-0.2, 0) is 11.3 Å². The molecule has 1 fully saturated rings. The highest BCUT2D eigenvalue weighted by atomic mass is 16.3. The van der Waals surface area contributed by atoms with Gasteiger partial charge in [0.15, 0.2) is 0 Å². The first-order valence-electron chi connectivity index (χ1n) is 6.94. The van der Waals surface area contributed by atoms with Crippen LogP contribution in [0.25, 0.3) is 0 Å². The van der Waals surface area contributed by atoms with Crippen LogP contribution in [-0.4, -0.2) is 44.9 Å². The van der Waals surface area contributed by atoms with Gasteiger partial charge in [-0.3, -0.25) is 9.48 Å². The van der Waals surface area contributed by atoms with Crippen molar-refractivity contribution in [2.45, 2.75) is 58.2 Å². The van der Waals surface area contributed by atoms with Crippen LogP contribution < -0.4 is 0 Å². The van der Waals surface area contributed by atoms with Crippen molar-refractivity contribution in [2.24, 2.45) is 0 Å². The number of hydrogen-bond acceptors (Lipinski definition) is 3. The van der Waals surface area contributed by atoms with E-state index >= 15 is 0 Å². The Kier molecular flexibility index (Phi) is 4.24. The minimum atomic E-state index is -0.386. The monoisotopic (exact) mass is 265 g/mol. The number of rotatable bonds is 3. The van der Waals surface area contributed by atoms with Crippen LogP contribution >= 0.6 is 0 Å². The molecule has 0 spiro atoms. The van der Waals surface area contributed by atoms with Crippen LogP contribution in [0, 0.1) is 13.8 Å².